The zero-order valence-corrected chi connectivity index (χ0v) is 17.6. The number of carboxylic acid groups (broad SMARTS) is 1. The number of hydrogen-bond acceptors (Lipinski definition) is 6. The topological polar surface area (TPSA) is 110 Å². The van der Waals surface area contributed by atoms with Crippen LogP contribution in [0.3, 0.4) is 0 Å². The maximum Gasteiger partial charge on any atom is 0.420 e. The number of carbonyl (C=O) groups excluding carboxylic acids is 1. The number of aromatic nitrogens is 4. The molecule has 0 fully saturated rings. The van der Waals surface area contributed by atoms with Gasteiger partial charge in [-0.3, -0.25) is 4.90 Å². The summed E-state index contributed by atoms with van der Waals surface area (Å²) < 4.78 is 5.50. The third-order valence-corrected chi connectivity index (χ3v) is 5.06. The van der Waals surface area contributed by atoms with Gasteiger partial charge in [-0.15, -0.1) is 15.0 Å². The number of tetrazole rings is 1. The molecule has 1 N–H and O–H groups in total. The van der Waals surface area contributed by atoms with Gasteiger partial charge in [0.2, 0.25) is 5.82 Å². The van der Waals surface area contributed by atoms with Gasteiger partial charge in [0.15, 0.2) is 6.04 Å². The summed E-state index contributed by atoms with van der Waals surface area (Å²) in [7, 11) is 0. The molecule has 1 aromatic heterocycles. The first-order valence-corrected chi connectivity index (χ1v) is 10.0. The Morgan fingerprint density at radius 1 is 1.12 bits per heavy atom. The molecule has 2 heterocycles. The van der Waals surface area contributed by atoms with Gasteiger partial charge in [0.1, 0.15) is 5.75 Å². The lowest BCUT2D eigenvalue weighted by atomic mass is 9.99. The minimum atomic E-state index is -1.07. The van der Waals surface area contributed by atoms with Gasteiger partial charge >= 0.3 is 12.1 Å². The Balaban J connectivity index is 1.65. The quantitative estimate of drug-likeness (QED) is 0.621. The summed E-state index contributed by atoms with van der Waals surface area (Å²) in [6.07, 6.45) is 4.42. The summed E-state index contributed by atoms with van der Waals surface area (Å²) in [4.78, 5) is 26.6. The number of benzene rings is 2. The van der Waals surface area contributed by atoms with Crippen LogP contribution in [0.25, 0.3) is 5.57 Å². The number of hydrogen-bond donors (Lipinski definition) is 1. The van der Waals surface area contributed by atoms with Crippen LogP contribution in [0.5, 0.6) is 5.75 Å². The normalized spacial score (nSPS) is 16.4. The molecule has 2 atom stereocenters. The van der Waals surface area contributed by atoms with Crippen molar-refractivity contribution in [3.8, 4) is 5.75 Å². The largest absolute Gasteiger partial charge is 0.480 e. The average Bonchev–Trinajstić information content (AvgIpc) is 3.29. The van der Waals surface area contributed by atoms with E-state index in [1.54, 1.807) is 66.9 Å². The second-order valence-electron chi connectivity index (χ2n) is 6.97. The highest BCUT2D eigenvalue weighted by molar-refractivity contribution is 6.30. The molecule has 0 spiro atoms. The molecule has 1 amide bonds. The van der Waals surface area contributed by atoms with Crippen LogP contribution in [-0.4, -0.2) is 42.3 Å². The molecule has 10 heteroatoms. The summed E-state index contributed by atoms with van der Waals surface area (Å²) in [5, 5.41) is 21.7. The summed E-state index contributed by atoms with van der Waals surface area (Å²) in [6, 6.07) is 14.3. The van der Waals surface area contributed by atoms with Crippen LogP contribution in [-0.2, 0) is 4.79 Å². The van der Waals surface area contributed by atoms with E-state index in [1.807, 2.05) is 6.07 Å². The summed E-state index contributed by atoms with van der Waals surface area (Å²) >= 11 is 6.03. The Morgan fingerprint density at radius 3 is 2.53 bits per heavy atom. The number of carbonyl (C=O) groups is 2. The van der Waals surface area contributed by atoms with E-state index >= 15 is 0 Å². The highest BCUT2D eigenvalue weighted by Crippen LogP contribution is 2.32. The third-order valence-electron chi connectivity index (χ3n) is 4.81. The second-order valence-corrected chi connectivity index (χ2v) is 7.41. The minimum absolute atomic E-state index is 0.240. The predicted molar refractivity (Wildman–Crippen MR) is 116 cm³/mol. The molecule has 0 saturated heterocycles. The number of allylic oxidation sites excluding steroid dienone is 2. The Hall–Kier alpha value is -3.98. The number of carboxylic acids is 1. The van der Waals surface area contributed by atoms with Crippen LogP contribution in [0.1, 0.15) is 30.4 Å². The lowest BCUT2D eigenvalue weighted by Crippen LogP contribution is -2.33. The van der Waals surface area contributed by atoms with E-state index in [1.165, 1.54) is 11.8 Å². The molecule has 1 aliphatic rings. The van der Waals surface area contributed by atoms with Gasteiger partial charge in [-0.05, 0) is 54.1 Å². The molecule has 3 aromatic rings. The zero-order chi connectivity index (χ0) is 22.7. The maximum absolute atomic E-state index is 12.9. The van der Waals surface area contributed by atoms with Gasteiger partial charge in [0.25, 0.3) is 0 Å². The molecular weight excluding hydrogens is 434 g/mol. The van der Waals surface area contributed by atoms with Crippen molar-refractivity contribution in [3.05, 3.63) is 89.4 Å². The van der Waals surface area contributed by atoms with Crippen molar-refractivity contribution in [3.63, 3.8) is 0 Å². The van der Waals surface area contributed by atoms with Crippen LogP contribution >= 0.6 is 11.6 Å². The number of rotatable bonds is 5. The van der Waals surface area contributed by atoms with Crippen LogP contribution in [0.4, 0.5) is 4.79 Å². The first-order valence-electron chi connectivity index (χ1n) is 9.66. The number of amides is 1. The van der Waals surface area contributed by atoms with Gasteiger partial charge in [0.05, 0.1) is 6.04 Å². The molecule has 162 valence electrons. The Kier molecular flexibility index (Phi) is 6.00. The van der Waals surface area contributed by atoms with Gasteiger partial charge < -0.3 is 9.84 Å². The number of para-hydroxylation sites is 1. The van der Waals surface area contributed by atoms with Crippen LogP contribution < -0.4 is 4.74 Å². The molecule has 9 nitrogen and oxygen atoms in total. The first kappa shape index (κ1) is 21.3. The van der Waals surface area contributed by atoms with Crippen LogP contribution in [0, 0.1) is 0 Å². The highest BCUT2D eigenvalue weighted by Gasteiger charge is 2.28. The van der Waals surface area contributed by atoms with Crippen molar-refractivity contribution in [1.29, 1.82) is 0 Å². The molecule has 0 bridgehead atoms. The minimum Gasteiger partial charge on any atom is -0.480 e. The predicted octanol–water partition coefficient (Wildman–Crippen LogP) is 4.13. The zero-order valence-electron chi connectivity index (χ0n) is 16.9. The first-order chi connectivity index (χ1) is 15.4. The molecule has 1 aliphatic heterocycles. The molecule has 0 saturated carbocycles. The van der Waals surface area contributed by atoms with Gasteiger partial charge in [0, 0.05) is 16.8 Å². The SMILES string of the molecule is CC(C(=O)O)n1nnc(C2=CC(c3ccc(Cl)cc3)N(C(=O)Oc3ccccc3)C=C2)n1. The molecule has 2 aromatic carbocycles. The van der Waals surface area contributed by atoms with Crippen molar-refractivity contribution in [2.45, 2.75) is 19.0 Å². The number of aliphatic carboxylic acids is 1. The molecule has 32 heavy (non-hydrogen) atoms. The van der Waals surface area contributed by atoms with Crippen molar-refractivity contribution in [2.24, 2.45) is 0 Å². The fourth-order valence-corrected chi connectivity index (χ4v) is 3.17. The van der Waals surface area contributed by atoms with Gasteiger partial charge in [-0.2, -0.15) is 0 Å². The maximum atomic E-state index is 12.9. The average molecular weight is 452 g/mol. The van der Waals surface area contributed by atoms with Crippen LogP contribution in [0.15, 0.2) is 72.9 Å². The van der Waals surface area contributed by atoms with E-state index in [0.29, 0.717) is 16.3 Å². The molecule has 2 unspecified atom stereocenters. The number of halogens is 1. The number of ether oxygens (including phenoxy) is 1. The fraction of sp³-hybridized carbons (Fsp3) is 0.136. The van der Waals surface area contributed by atoms with E-state index in [9.17, 15) is 9.59 Å². The number of nitrogens with zero attached hydrogens (tertiary/aromatic N) is 5. The van der Waals surface area contributed by atoms with E-state index in [2.05, 4.69) is 15.4 Å². The second kappa shape index (κ2) is 9.03. The van der Waals surface area contributed by atoms with E-state index in [4.69, 9.17) is 21.4 Å². The van der Waals surface area contributed by atoms with Crippen molar-refractivity contribution in [1.82, 2.24) is 25.1 Å². The lowest BCUT2D eigenvalue weighted by molar-refractivity contribution is -0.141. The van der Waals surface area contributed by atoms with Crippen LogP contribution in [0.2, 0.25) is 5.02 Å². The van der Waals surface area contributed by atoms with Gasteiger partial charge in [-0.25, -0.2) is 9.59 Å². The lowest BCUT2D eigenvalue weighted by Gasteiger charge is -2.29. The smallest absolute Gasteiger partial charge is 0.420 e. The molecule has 0 aliphatic carbocycles. The van der Waals surface area contributed by atoms with Crippen molar-refractivity contribution < 1.29 is 19.4 Å². The summed E-state index contributed by atoms with van der Waals surface area (Å²) in [5.41, 5.74) is 1.37. The highest BCUT2D eigenvalue weighted by atomic mass is 35.5. The fourth-order valence-electron chi connectivity index (χ4n) is 3.05. The Bertz CT molecular complexity index is 1190. The molecule has 4 rings (SSSR count). The third kappa shape index (κ3) is 4.52. The standard InChI is InChI=1S/C22H18ClN5O4/c1-14(21(29)30)28-25-20(24-26-28)16-11-12-27(22(31)32-18-5-3-2-4-6-18)19(13-16)15-7-9-17(23)10-8-15/h2-14,19H,1H3,(H,29,30). The molecular formula is C22H18ClN5O4. The van der Waals surface area contributed by atoms with E-state index in [-0.39, 0.29) is 5.82 Å². The monoisotopic (exact) mass is 451 g/mol. The Labute approximate surface area is 188 Å². The van der Waals surface area contributed by atoms with E-state index < -0.39 is 24.1 Å². The Morgan fingerprint density at radius 2 is 1.84 bits per heavy atom. The summed E-state index contributed by atoms with van der Waals surface area (Å²) in [6.45, 7) is 1.46. The summed E-state index contributed by atoms with van der Waals surface area (Å²) in [5.74, 6) is -0.414. The van der Waals surface area contributed by atoms with Gasteiger partial charge in [-0.1, -0.05) is 41.9 Å². The van der Waals surface area contributed by atoms with Crippen molar-refractivity contribution >= 4 is 29.2 Å². The van der Waals surface area contributed by atoms with E-state index in [0.717, 1.165) is 10.4 Å². The molecule has 0 radical (unpaired) electrons. The van der Waals surface area contributed by atoms with Crippen molar-refractivity contribution in [2.75, 3.05) is 0 Å².